The molecule has 0 saturated heterocycles. The maximum atomic E-state index is 12.6. The van der Waals surface area contributed by atoms with E-state index in [1.54, 1.807) is 37.4 Å². The summed E-state index contributed by atoms with van der Waals surface area (Å²) in [6, 6.07) is 27.6. The van der Waals surface area contributed by atoms with Gasteiger partial charge in [0.1, 0.15) is 13.2 Å². The first-order valence-electron chi connectivity index (χ1n) is 11.8. The third-order valence-electron chi connectivity index (χ3n) is 5.51. The number of rotatable bonds is 11. The highest BCUT2D eigenvalue weighted by Crippen LogP contribution is 2.30. The summed E-state index contributed by atoms with van der Waals surface area (Å²) in [5, 5.41) is 4.72. The molecule has 0 aliphatic carbocycles. The van der Waals surface area contributed by atoms with Crippen LogP contribution in [-0.2, 0) is 13.2 Å². The monoisotopic (exact) mass is 530 g/mol. The Labute approximate surface area is 226 Å². The Morgan fingerprint density at radius 3 is 2.13 bits per heavy atom. The molecule has 0 atom stereocenters. The Kier molecular flexibility index (Phi) is 9.21. The second-order valence-electron chi connectivity index (χ2n) is 8.17. The van der Waals surface area contributed by atoms with E-state index in [-0.39, 0.29) is 5.91 Å². The molecule has 0 radical (unpaired) electrons. The number of ether oxygens (including phenoxy) is 4. The molecule has 38 heavy (non-hydrogen) atoms. The maximum Gasteiger partial charge on any atom is 0.271 e. The van der Waals surface area contributed by atoms with E-state index in [2.05, 4.69) is 10.5 Å². The number of hydrogen-bond donors (Lipinski definition) is 1. The van der Waals surface area contributed by atoms with Crippen molar-refractivity contribution in [3.8, 4) is 23.0 Å². The largest absolute Gasteiger partial charge is 0.493 e. The highest BCUT2D eigenvalue weighted by atomic mass is 35.5. The van der Waals surface area contributed by atoms with Gasteiger partial charge in [0.2, 0.25) is 0 Å². The number of hydrogen-bond acceptors (Lipinski definition) is 6. The Hall–Kier alpha value is -4.49. The van der Waals surface area contributed by atoms with E-state index in [1.807, 2.05) is 60.7 Å². The van der Waals surface area contributed by atoms with Crippen LogP contribution >= 0.6 is 11.6 Å². The van der Waals surface area contributed by atoms with Crippen molar-refractivity contribution < 1.29 is 23.7 Å². The molecule has 0 fully saturated rings. The summed E-state index contributed by atoms with van der Waals surface area (Å²) in [5.41, 5.74) is 5.61. The van der Waals surface area contributed by atoms with Gasteiger partial charge in [0, 0.05) is 10.6 Å². The number of nitrogens with zero attached hydrogens (tertiary/aromatic N) is 1. The number of carbonyl (C=O) groups is 1. The lowest BCUT2D eigenvalue weighted by Gasteiger charge is -2.12. The molecule has 194 valence electrons. The van der Waals surface area contributed by atoms with Crippen molar-refractivity contribution in [2.75, 3.05) is 14.2 Å². The minimum atomic E-state index is -0.386. The van der Waals surface area contributed by atoms with E-state index in [4.69, 9.17) is 30.5 Å². The fourth-order valence-electron chi connectivity index (χ4n) is 3.56. The van der Waals surface area contributed by atoms with Gasteiger partial charge in [-0.05, 0) is 65.2 Å². The lowest BCUT2D eigenvalue weighted by atomic mass is 10.2. The summed E-state index contributed by atoms with van der Waals surface area (Å²) in [7, 11) is 3.09. The van der Waals surface area contributed by atoms with Crippen LogP contribution in [-0.4, -0.2) is 26.3 Å². The number of nitrogens with one attached hydrogen (secondary N) is 1. The Morgan fingerprint density at radius 1 is 0.763 bits per heavy atom. The molecular formula is C30H27ClN2O5. The van der Waals surface area contributed by atoms with Gasteiger partial charge in [0.05, 0.1) is 20.4 Å². The number of halogens is 1. The first-order chi connectivity index (χ1) is 18.6. The second kappa shape index (κ2) is 13.2. The molecule has 0 saturated carbocycles. The van der Waals surface area contributed by atoms with Gasteiger partial charge in [-0.15, -0.1) is 0 Å². The summed E-state index contributed by atoms with van der Waals surface area (Å²) in [6.07, 6.45) is 1.52. The summed E-state index contributed by atoms with van der Waals surface area (Å²) in [5.74, 6) is 1.73. The van der Waals surface area contributed by atoms with Crippen LogP contribution in [0.5, 0.6) is 23.0 Å². The normalized spacial score (nSPS) is 10.7. The van der Waals surface area contributed by atoms with Gasteiger partial charge < -0.3 is 18.9 Å². The van der Waals surface area contributed by atoms with E-state index >= 15 is 0 Å². The highest BCUT2D eigenvalue weighted by Gasteiger charge is 2.11. The number of hydrazone groups is 1. The predicted molar refractivity (Wildman–Crippen MR) is 148 cm³/mol. The molecular weight excluding hydrogens is 504 g/mol. The van der Waals surface area contributed by atoms with Gasteiger partial charge in [-0.25, -0.2) is 5.43 Å². The van der Waals surface area contributed by atoms with Crippen molar-refractivity contribution in [1.29, 1.82) is 0 Å². The van der Waals surface area contributed by atoms with E-state index < -0.39 is 0 Å². The molecule has 0 aliphatic heterocycles. The Bertz CT molecular complexity index is 1410. The minimum absolute atomic E-state index is 0.347. The molecule has 0 aromatic heterocycles. The lowest BCUT2D eigenvalue weighted by Crippen LogP contribution is -2.17. The molecule has 4 aromatic carbocycles. The molecule has 0 aliphatic rings. The van der Waals surface area contributed by atoms with Crippen molar-refractivity contribution >= 4 is 23.7 Å². The van der Waals surface area contributed by atoms with Crippen LogP contribution < -0.4 is 24.4 Å². The van der Waals surface area contributed by atoms with Gasteiger partial charge in [-0.3, -0.25) is 4.79 Å². The summed E-state index contributed by atoms with van der Waals surface area (Å²) >= 11 is 6.04. The fourth-order valence-corrected chi connectivity index (χ4v) is 3.78. The van der Waals surface area contributed by atoms with Crippen molar-refractivity contribution in [3.05, 3.63) is 118 Å². The summed E-state index contributed by atoms with van der Waals surface area (Å²) in [4.78, 5) is 12.6. The molecule has 7 nitrogen and oxygen atoms in total. The average molecular weight is 531 g/mol. The van der Waals surface area contributed by atoms with E-state index in [0.717, 1.165) is 16.7 Å². The zero-order chi connectivity index (χ0) is 26.7. The van der Waals surface area contributed by atoms with E-state index in [0.29, 0.717) is 46.8 Å². The van der Waals surface area contributed by atoms with Gasteiger partial charge >= 0.3 is 0 Å². The SMILES string of the molecule is COc1cc(/C=N/NC(=O)c2ccc(OCc3ccccc3)c(OC)c2)ccc1OCc1cccc(Cl)c1. The number of benzene rings is 4. The fraction of sp³-hybridized carbons (Fsp3) is 0.133. The topological polar surface area (TPSA) is 78.4 Å². The standard InChI is InChI=1S/C30H27ClN2O5/c1-35-28-16-22(11-13-26(28)38-20-23-9-6-10-25(31)15-23)18-32-33-30(34)24-12-14-27(29(17-24)36-2)37-19-21-7-4-3-5-8-21/h3-18H,19-20H2,1-2H3,(H,33,34)/b32-18+. The van der Waals surface area contributed by atoms with Crippen molar-refractivity contribution in [3.63, 3.8) is 0 Å². The number of amides is 1. The van der Waals surface area contributed by atoms with Crippen molar-refractivity contribution in [2.45, 2.75) is 13.2 Å². The van der Waals surface area contributed by atoms with Crippen LogP contribution in [0.4, 0.5) is 0 Å². The molecule has 1 amide bonds. The Morgan fingerprint density at radius 2 is 1.42 bits per heavy atom. The van der Waals surface area contributed by atoms with Gasteiger partial charge in [0.25, 0.3) is 5.91 Å². The molecule has 0 spiro atoms. The first-order valence-corrected chi connectivity index (χ1v) is 12.2. The molecule has 8 heteroatoms. The van der Waals surface area contributed by atoms with Crippen molar-refractivity contribution in [2.24, 2.45) is 5.10 Å². The third-order valence-corrected chi connectivity index (χ3v) is 5.75. The van der Waals surface area contributed by atoms with Crippen LogP contribution in [0, 0.1) is 0 Å². The van der Waals surface area contributed by atoms with Crippen LogP contribution in [0.3, 0.4) is 0 Å². The average Bonchev–Trinajstić information content (AvgIpc) is 2.95. The van der Waals surface area contributed by atoms with Gasteiger partial charge in [-0.2, -0.15) is 5.10 Å². The highest BCUT2D eigenvalue weighted by molar-refractivity contribution is 6.30. The van der Waals surface area contributed by atoms with Crippen LogP contribution in [0.25, 0.3) is 0 Å². The quantitative estimate of drug-likeness (QED) is 0.182. The molecule has 0 bridgehead atoms. The first kappa shape index (κ1) is 26.6. The molecule has 1 N–H and O–H groups in total. The smallest absolute Gasteiger partial charge is 0.271 e. The van der Waals surface area contributed by atoms with Crippen LogP contribution in [0.15, 0.2) is 96.1 Å². The second-order valence-corrected chi connectivity index (χ2v) is 8.60. The zero-order valence-electron chi connectivity index (χ0n) is 21.0. The summed E-state index contributed by atoms with van der Waals surface area (Å²) < 4.78 is 22.6. The van der Waals surface area contributed by atoms with E-state index in [9.17, 15) is 4.79 Å². The lowest BCUT2D eigenvalue weighted by molar-refractivity contribution is 0.0954. The molecule has 4 aromatic rings. The molecule has 0 heterocycles. The molecule has 4 rings (SSSR count). The van der Waals surface area contributed by atoms with Crippen LogP contribution in [0.1, 0.15) is 27.0 Å². The predicted octanol–water partition coefficient (Wildman–Crippen LogP) is 6.28. The van der Waals surface area contributed by atoms with E-state index in [1.165, 1.54) is 13.3 Å². The number of carbonyl (C=O) groups excluding carboxylic acids is 1. The zero-order valence-corrected chi connectivity index (χ0v) is 21.8. The summed E-state index contributed by atoms with van der Waals surface area (Å²) in [6.45, 7) is 0.737. The maximum absolute atomic E-state index is 12.6. The minimum Gasteiger partial charge on any atom is -0.493 e. The Balaban J connectivity index is 1.35. The molecule has 0 unspecified atom stereocenters. The van der Waals surface area contributed by atoms with Crippen LogP contribution in [0.2, 0.25) is 5.02 Å². The van der Waals surface area contributed by atoms with Crippen molar-refractivity contribution in [1.82, 2.24) is 5.43 Å². The van der Waals surface area contributed by atoms with Gasteiger partial charge in [-0.1, -0.05) is 54.1 Å². The third kappa shape index (κ3) is 7.27. The number of methoxy groups -OCH3 is 2. The van der Waals surface area contributed by atoms with Gasteiger partial charge in [0.15, 0.2) is 23.0 Å².